The van der Waals surface area contributed by atoms with Crippen LogP contribution in [0.3, 0.4) is 0 Å². The van der Waals surface area contributed by atoms with E-state index in [1.165, 1.54) is 31.4 Å². The smallest absolute Gasteiger partial charge is 0.204 e. The molecule has 0 radical (unpaired) electrons. The second kappa shape index (κ2) is 12.8. The van der Waals surface area contributed by atoms with Crippen molar-refractivity contribution in [3.63, 3.8) is 0 Å². The van der Waals surface area contributed by atoms with E-state index >= 15 is 0 Å². The molecule has 0 amide bonds. The van der Waals surface area contributed by atoms with E-state index in [4.69, 9.17) is 28.1 Å². The van der Waals surface area contributed by atoms with E-state index in [0.717, 1.165) is 0 Å². The van der Waals surface area contributed by atoms with Gasteiger partial charge >= 0.3 is 0 Å². The summed E-state index contributed by atoms with van der Waals surface area (Å²) in [6, 6.07) is 7.40. The van der Waals surface area contributed by atoms with Crippen molar-refractivity contribution in [3.05, 3.63) is 58.5 Å². The Kier molecular flexibility index (Phi) is 9.05. The fourth-order valence-electron chi connectivity index (χ4n) is 5.75. The van der Waals surface area contributed by atoms with Crippen LogP contribution < -0.4 is 10.2 Å². The summed E-state index contributed by atoms with van der Waals surface area (Å²) in [6.45, 7) is 2.41. The molecule has 6 rings (SSSR count). The van der Waals surface area contributed by atoms with E-state index < -0.39 is 79.0 Å². The first-order chi connectivity index (χ1) is 22.3. The maximum absolute atomic E-state index is 13.3. The van der Waals surface area contributed by atoms with E-state index in [-0.39, 0.29) is 46.0 Å². The van der Waals surface area contributed by atoms with Crippen LogP contribution in [0, 0.1) is 0 Å². The van der Waals surface area contributed by atoms with Crippen LogP contribution >= 0.6 is 0 Å². The molecule has 3 aliphatic rings. The van der Waals surface area contributed by atoms with Gasteiger partial charge in [0.1, 0.15) is 82.8 Å². The summed E-state index contributed by atoms with van der Waals surface area (Å²) >= 11 is 0. The minimum Gasteiger partial charge on any atom is -0.508 e. The Morgan fingerprint density at radius 2 is 1.51 bits per heavy atom. The molecule has 0 unspecified atom stereocenters. The van der Waals surface area contributed by atoms with Gasteiger partial charge in [0.15, 0.2) is 12.6 Å². The van der Waals surface area contributed by atoms with Crippen LogP contribution in [0.4, 0.5) is 0 Å². The Morgan fingerprint density at radius 1 is 0.851 bits per heavy atom. The lowest BCUT2D eigenvalue weighted by Gasteiger charge is -2.43. The van der Waals surface area contributed by atoms with Gasteiger partial charge in [0.25, 0.3) is 0 Å². The molecule has 2 fully saturated rings. The third kappa shape index (κ3) is 6.23. The standard InChI is InChI=1S/C32H36O15/c1-13-22(34)26(38)28(40)30(45-13)43-11-20-25(37)27(39)29(41)31(46-20)44-12-32(2)8-7-16-18(47-32)9-19-21(23(16)35)24(36)17(10-42-19)14-3-5-15(33)6-4-14/h3-10,13,20,22,25-31,33-35,37-41H,11-12H2,1-2H3/t13-,20+,22+,25-,26-,27+,28-,29-,30-,31-,32+/m1/s1. The van der Waals surface area contributed by atoms with Crippen LogP contribution in [0.15, 0.2) is 51.9 Å². The predicted octanol–water partition coefficient (Wildman–Crippen LogP) is -0.296. The van der Waals surface area contributed by atoms with Crippen LogP contribution in [-0.4, -0.2) is 121 Å². The largest absolute Gasteiger partial charge is 0.508 e. The molecule has 0 saturated carbocycles. The topological polar surface area (TPSA) is 238 Å². The van der Waals surface area contributed by atoms with Gasteiger partial charge in [0.2, 0.25) is 5.43 Å². The van der Waals surface area contributed by atoms with Crippen LogP contribution in [-0.2, 0) is 18.9 Å². The van der Waals surface area contributed by atoms with E-state index in [2.05, 4.69) is 0 Å². The number of ether oxygens (including phenoxy) is 5. The minimum atomic E-state index is -1.71. The van der Waals surface area contributed by atoms with Gasteiger partial charge in [0, 0.05) is 6.07 Å². The Morgan fingerprint density at radius 3 is 2.21 bits per heavy atom. The average molecular weight is 661 g/mol. The second-order valence-corrected chi connectivity index (χ2v) is 12.1. The molecule has 0 bridgehead atoms. The molecule has 1 aromatic heterocycles. The van der Waals surface area contributed by atoms with Gasteiger partial charge < -0.3 is 69.0 Å². The number of aliphatic hydroxyl groups excluding tert-OH is 6. The SMILES string of the molecule is C[C@H]1O[C@@H](OC[C@@H]2O[C@@H](OC[C@]3(C)C=Cc4c(cc5occ(-c6ccc(O)cc6)c(=O)c5c4O)O3)[C@H](O)[C@@H](O)[C@@H]2O)[C@H](O)[C@H](O)[C@H]1O. The van der Waals surface area contributed by atoms with E-state index in [1.54, 1.807) is 31.2 Å². The number of benzene rings is 2. The lowest BCUT2D eigenvalue weighted by Crippen LogP contribution is -2.61. The van der Waals surface area contributed by atoms with Gasteiger partial charge in [-0.3, -0.25) is 4.79 Å². The molecule has 11 atom stereocenters. The molecule has 15 heteroatoms. The van der Waals surface area contributed by atoms with Crippen LogP contribution in [0.5, 0.6) is 17.2 Å². The van der Waals surface area contributed by atoms with Gasteiger partial charge in [-0.05, 0) is 43.7 Å². The number of rotatable bonds is 7. The fraction of sp³-hybridized carbons (Fsp3) is 0.469. The number of aromatic hydroxyl groups is 2. The van der Waals surface area contributed by atoms with Crippen molar-refractivity contribution in [2.45, 2.75) is 80.9 Å². The highest BCUT2D eigenvalue weighted by molar-refractivity contribution is 5.93. The highest BCUT2D eigenvalue weighted by Gasteiger charge is 2.47. The van der Waals surface area contributed by atoms with Crippen molar-refractivity contribution in [2.75, 3.05) is 13.2 Å². The van der Waals surface area contributed by atoms with Crippen LogP contribution in [0.2, 0.25) is 0 Å². The Hall–Kier alpha value is -3.61. The number of phenolic OH excluding ortho intramolecular Hbond substituents is 2. The first kappa shape index (κ1) is 33.3. The van der Waals surface area contributed by atoms with Crippen LogP contribution in [0.25, 0.3) is 28.2 Å². The maximum atomic E-state index is 13.3. The van der Waals surface area contributed by atoms with Crippen molar-refractivity contribution in [1.29, 1.82) is 0 Å². The number of hydrogen-bond donors (Lipinski definition) is 8. The van der Waals surface area contributed by atoms with E-state index in [1.807, 2.05) is 0 Å². The summed E-state index contributed by atoms with van der Waals surface area (Å²) < 4.78 is 34.2. The molecule has 4 heterocycles. The lowest BCUT2D eigenvalue weighted by molar-refractivity contribution is -0.330. The van der Waals surface area contributed by atoms with Gasteiger partial charge in [-0.25, -0.2) is 0 Å². The molecule has 15 nitrogen and oxygen atoms in total. The molecule has 8 N–H and O–H groups in total. The minimum absolute atomic E-state index is 0.0289. The van der Waals surface area contributed by atoms with E-state index in [9.17, 15) is 45.6 Å². The third-order valence-corrected chi connectivity index (χ3v) is 8.60. The summed E-state index contributed by atoms with van der Waals surface area (Å²) in [4.78, 5) is 13.3. The quantitative estimate of drug-likeness (QED) is 0.162. The first-order valence-electron chi connectivity index (χ1n) is 14.9. The van der Waals surface area contributed by atoms with Gasteiger partial charge in [-0.2, -0.15) is 0 Å². The normalized spacial score (nSPS) is 35.4. The van der Waals surface area contributed by atoms with Crippen molar-refractivity contribution >= 4 is 17.0 Å². The molecule has 2 aromatic carbocycles. The zero-order valence-corrected chi connectivity index (χ0v) is 25.2. The number of aliphatic hydroxyl groups is 6. The number of fused-ring (bicyclic) bond motifs is 2. The van der Waals surface area contributed by atoms with Crippen molar-refractivity contribution in [3.8, 4) is 28.4 Å². The molecule has 3 aliphatic heterocycles. The molecule has 254 valence electrons. The first-order valence-corrected chi connectivity index (χ1v) is 14.9. The third-order valence-electron chi connectivity index (χ3n) is 8.60. The predicted molar refractivity (Wildman–Crippen MR) is 160 cm³/mol. The summed E-state index contributed by atoms with van der Waals surface area (Å²) in [5.74, 6) is -0.162. The lowest BCUT2D eigenvalue weighted by atomic mass is 9.97. The van der Waals surface area contributed by atoms with Crippen molar-refractivity contribution in [1.82, 2.24) is 0 Å². The fourth-order valence-corrected chi connectivity index (χ4v) is 5.75. The molecule has 47 heavy (non-hydrogen) atoms. The molecule has 3 aromatic rings. The second-order valence-electron chi connectivity index (χ2n) is 12.1. The van der Waals surface area contributed by atoms with E-state index in [0.29, 0.717) is 5.56 Å². The number of hydrogen-bond acceptors (Lipinski definition) is 15. The molecular formula is C32H36O15. The van der Waals surface area contributed by atoms with Crippen molar-refractivity contribution < 1.29 is 69.0 Å². The summed E-state index contributed by atoms with van der Waals surface area (Å²) in [7, 11) is 0. The Bertz CT molecular complexity index is 1690. The molecule has 0 aliphatic carbocycles. The highest BCUT2D eigenvalue weighted by Crippen LogP contribution is 2.41. The molecular weight excluding hydrogens is 624 g/mol. The van der Waals surface area contributed by atoms with Gasteiger partial charge in [-0.15, -0.1) is 0 Å². The van der Waals surface area contributed by atoms with Crippen LogP contribution in [0.1, 0.15) is 19.4 Å². The Labute approximate surface area is 267 Å². The molecule has 0 spiro atoms. The highest BCUT2D eigenvalue weighted by atomic mass is 16.7. The Balaban J connectivity index is 1.15. The zero-order chi connectivity index (χ0) is 33.8. The van der Waals surface area contributed by atoms with Crippen molar-refractivity contribution in [2.24, 2.45) is 0 Å². The zero-order valence-electron chi connectivity index (χ0n) is 25.2. The monoisotopic (exact) mass is 660 g/mol. The summed E-state index contributed by atoms with van der Waals surface area (Å²) in [5.41, 5.74) is -0.752. The maximum Gasteiger partial charge on any atom is 0.204 e. The average Bonchev–Trinajstić information content (AvgIpc) is 3.04. The number of phenols is 2. The van der Waals surface area contributed by atoms with Gasteiger partial charge in [-0.1, -0.05) is 12.1 Å². The van der Waals surface area contributed by atoms with Gasteiger partial charge in [0.05, 0.1) is 30.4 Å². The summed E-state index contributed by atoms with van der Waals surface area (Å²) in [5, 5.41) is 82.3. The molecule has 2 saturated heterocycles. The summed E-state index contributed by atoms with van der Waals surface area (Å²) in [6.07, 6.45) is -10.1.